The number of anilines is 2. The summed E-state index contributed by atoms with van der Waals surface area (Å²) >= 11 is 0. The fourth-order valence-corrected chi connectivity index (χ4v) is 4.11. The molecular weight excluding hydrogens is 415 g/mol. The van der Waals surface area contributed by atoms with Gasteiger partial charge in [0.15, 0.2) is 0 Å². The summed E-state index contributed by atoms with van der Waals surface area (Å²) in [5, 5.41) is 8.87. The first-order valence-electron chi connectivity index (χ1n) is 9.35. The number of fused-ring (bicyclic) bond motifs is 3. The molecule has 1 fully saturated rings. The fourth-order valence-electron chi connectivity index (χ4n) is 4.11. The lowest BCUT2D eigenvalue weighted by Crippen LogP contribution is -2.38. The number of halogens is 7. The highest BCUT2D eigenvalue weighted by Crippen LogP contribution is 2.47. The highest BCUT2D eigenvalue weighted by molar-refractivity contribution is 5.71. The predicted octanol–water partition coefficient (Wildman–Crippen LogP) is 5.35. The largest absolute Gasteiger partial charge is 0.418 e. The Morgan fingerprint density at radius 3 is 2.43 bits per heavy atom. The molecule has 10 heteroatoms. The quantitative estimate of drug-likeness (QED) is 0.572. The Morgan fingerprint density at radius 2 is 1.73 bits per heavy atom. The summed E-state index contributed by atoms with van der Waals surface area (Å²) in [6, 6.07) is 4.48. The Bertz CT molecular complexity index is 953. The number of hydrogen-bond acceptors (Lipinski definition) is 3. The molecule has 3 N–H and O–H groups in total. The van der Waals surface area contributed by atoms with Crippen molar-refractivity contribution < 1.29 is 30.7 Å². The van der Waals surface area contributed by atoms with Gasteiger partial charge in [-0.05, 0) is 54.4 Å². The molecule has 0 amide bonds. The highest BCUT2D eigenvalue weighted by atomic mass is 19.4. The van der Waals surface area contributed by atoms with Crippen molar-refractivity contribution >= 4 is 11.4 Å². The average Bonchev–Trinajstić information content (AvgIpc) is 3.02. The third-order valence-corrected chi connectivity index (χ3v) is 5.47. The molecule has 30 heavy (non-hydrogen) atoms. The third-order valence-electron chi connectivity index (χ3n) is 5.47. The lowest BCUT2D eigenvalue weighted by Gasteiger charge is -2.26. The molecule has 0 bridgehead atoms. The molecule has 2 aliphatic rings. The van der Waals surface area contributed by atoms with Crippen LogP contribution in [-0.4, -0.2) is 19.1 Å². The summed E-state index contributed by atoms with van der Waals surface area (Å²) in [4.78, 5) is 0. The summed E-state index contributed by atoms with van der Waals surface area (Å²) in [5.74, 6) is -1.20. The van der Waals surface area contributed by atoms with Gasteiger partial charge in [-0.25, -0.2) is 4.39 Å². The van der Waals surface area contributed by atoms with Crippen molar-refractivity contribution in [1.82, 2.24) is 5.32 Å². The summed E-state index contributed by atoms with van der Waals surface area (Å²) in [7, 11) is 0. The maximum Gasteiger partial charge on any atom is 0.418 e. The van der Waals surface area contributed by atoms with E-state index >= 15 is 0 Å². The summed E-state index contributed by atoms with van der Waals surface area (Å²) in [6.45, 7) is 0.983. The van der Waals surface area contributed by atoms with Crippen LogP contribution in [0.1, 0.15) is 34.6 Å². The van der Waals surface area contributed by atoms with E-state index in [1.165, 1.54) is 0 Å². The van der Waals surface area contributed by atoms with Gasteiger partial charge in [-0.3, -0.25) is 0 Å². The van der Waals surface area contributed by atoms with E-state index in [0.29, 0.717) is 31.1 Å². The first-order chi connectivity index (χ1) is 14.0. The van der Waals surface area contributed by atoms with Gasteiger partial charge in [-0.15, -0.1) is 0 Å². The van der Waals surface area contributed by atoms with Crippen molar-refractivity contribution in [3.63, 3.8) is 0 Å². The zero-order valence-corrected chi connectivity index (χ0v) is 15.5. The minimum absolute atomic E-state index is 0.0216. The number of nitrogens with one attached hydrogen (secondary N) is 3. The van der Waals surface area contributed by atoms with Crippen molar-refractivity contribution in [2.24, 2.45) is 0 Å². The first-order valence-corrected chi connectivity index (χ1v) is 9.35. The number of rotatable bonds is 3. The molecule has 162 valence electrons. The van der Waals surface area contributed by atoms with Crippen LogP contribution in [0.5, 0.6) is 0 Å². The van der Waals surface area contributed by atoms with E-state index < -0.39 is 29.3 Å². The molecule has 2 aromatic rings. The predicted molar refractivity (Wildman–Crippen MR) is 97.8 cm³/mol. The minimum atomic E-state index is -4.72. The second kappa shape index (κ2) is 7.33. The first kappa shape index (κ1) is 20.8. The molecular formula is C20H18F7N3. The summed E-state index contributed by atoms with van der Waals surface area (Å²) in [6.07, 6.45) is -8.64. The van der Waals surface area contributed by atoms with Crippen LogP contribution in [0.4, 0.5) is 42.1 Å². The van der Waals surface area contributed by atoms with Crippen molar-refractivity contribution in [3.8, 4) is 0 Å². The molecule has 0 aromatic heterocycles. The van der Waals surface area contributed by atoms with Gasteiger partial charge in [-0.1, -0.05) is 0 Å². The minimum Gasteiger partial charge on any atom is -0.381 e. The maximum absolute atomic E-state index is 13.6. The molecule has 0 spiro atoms. The van der Waals surface area contributed by atoms with Crippen molar-refractivity contribution in [2.45, 2.75) is 37.3 Å². The molecule has 0 unspecified atom stereocenters. The van der Waals surface area contributed by atoms with Crippen LogP contribution in [-0.2, 0) is 18.9 Å². The van der Waals surface area contributed by atoms with E-state index in [1.54, 1.807) is 6.07 Å². The van der Waals surface area contributed by atoms with Gasteiger partial charge in [0.25, 0.3) is 0 Å². The standard InChI is InChI=1S/C20H18F7N3/c21-12-4-10(3-11(5-12)19(22,23)24)8-29-13-6-14-15-9-28-2-1-17(15)30-18(14)16(7-13)20(25,26)27/h3-7,15,17,28-30H,1-2,8-9H2/t15-,17-/m0/s1. The second-order valence-electron chi connectivity index (χ2n) is 7.54. The van der Waals surface area contributed by atoms with Crippen LogP contribution >= 0.6 is 0 Å². The van der Waals surface area contributed by atoms with Gasteiger partial charge in [0.1, 0.15) is 5.82 Å². The third kappa shape index (κ3) is 4.05. The Morgan fingerprint density at radius 1 is 0.967 bits per heavy atom. The normalized spacial score (nSPS) is 21.0. The monoisotopic (exact) mass is 433 g/mol. The van der Waals surface area contributed by atoms with Gasteiger partial charge in [-0.2, -0.15) is 26.3 Å². The van der Waals surface area contributed by atoms with Gasteiger partial charge in [0.05, 0.1) is 16.8 Å². The molecule has 3 nitrogen and oxygen atoms in total. The van der Waals surface area contributed by atoms with Crippen LogP contribution in [0, 0.1) is 5.82 Å². The van der Waals surface area contributed by atoms with Gasteiger partial charge >= 0.3 is 12.4 Å². The Kier molecular flexibility index (Phi) is 5.08. The van der Waals surface area contributed by atoms with E-state index in [0.717, 1.165) is 18.2 Å². The zero-order chi connectivity index (χ0) is 21.7. The fraction of sp³-hybridized carbons (Fsp3) is 0.400. The van der Waals surface area contributed by atoms with Gasteiger partial charge < -0.3 is 16.0 Å². The smallest absolute Gasteiger partial charge is 0.381 e. The molecule has 0 aliphatic carbocycles. The molecule has 2 aromatic carbocycles. The number of hydrogen-bond donors (Lipinski definition) is 3. The van der Waals surface area contributed by atoms with Gasteiger partial charge in [0.2, 0.25) is 0 Å². The van der Waals surface area contributed by atoms with Crippen LogP contribution in [0.25, 0.3) is 0 Å². The topological polar surface area (TPSA) is 36.1 Å². The molecule has 2 atom stereocenters. The Hall–Kier alpha value is -2.49. The number of benzene rings is 2. The van der Waals surface area contributed by atoms with E-state index in [1.807, 2.05) is 0 Å². The lowest BCUT2D eigenvalue weighted by atomic mass is 9.89. The molecule has 1 saturated heterocycles. The molecule has 4 rings (SSSR count). The molecule has 0 saturated carbocycles. The average molecular weight is 433 g/mol. The Labute approximate surface area is 167 Å². The van der Waals surface area contributed by atoms with Crippen molar-refractivity contribution in [1.29, 1.82) is 0 Å². The Balaban J connectivity index is 1.64. The highest BCUT2D eigenvalue weighted by Gasteiger charge is 2.42. The molecule has 2 aliphatic heterocycles. The zero-order valence-electron chi connectivity index (χ0n) is 15.5. The maximum atomic E-state index is 13.6. The van der Waals surface area contributed by atoms with Crippen LogP contribution in [0.15, 0.2) is 30.3 Å². The van der Waals surface area contributed by atoms with E-state index in [9.17, 15) is 30.7 Å². The van der Waals surface area contributed by atoms with Crippen LogP contribution in [0.3, 0.4) is 0 Å². The van der Waals surface area contributed by atoms with E-state index in [2.05, 4.69) is 16.0 Å². The summed E-state index contributed by atoms with van der Waals surface area (Å²) < 4.78 is 93.1. The summed E-state index contributed by atoms with van der Waals surface area (Å²) in [5.41, 5.74) is -1.31. The number of piperidine rings is 1. The number of alkyl halides is 6. The van der Waals surface area contributed by atoms with Crippen molar-refractivity contribution in [2.75, 3.05) is 23.7 Å². The second-order valence-corrected chi connectivity index (χ2v) is 7.54. The SMILES string of the molecule is Fc1cc(CNc2cc3c(c(C(F)(F)F)c2)N[C@H]2CCNC[C@@H]32)cc(C(F)(F)F)c1. The molecule has 2 heterocycles. The van der Waals surface area contributed by atoms with Crippen LogP contribution in [0.2, 0.25) is 0 Å². The van der Waals surface area contributed by atoms with Crippen LogP contribution < -0.4 is 16.0 Å². The lowest BCUT2D eigenvalue weighted by molar-refractivity contribution is -0.138. The van der Waals surface area contributed by atoms with Gasteiger partial charge in [0, 0.05) is 30.7 Å². The van der Waals surface area contributed by atoms with E-state index in [4.69, 9.17) is 0 Å². The molecule has 0 radical (unpaired) electrons. The van der Waals surface area contributed by atoms with E-state index in [-0.39, 0.29) is 35.4 Å². The van der Waals surface area contributed by atoms with Crippen molar-refractivity contribution in [3.05, 3.63) is 58.4 Å².